The smallest absolute Gasteiger partial charge is 0.279 e. The highest BCUT2D eigenvalue weighted by Crippen LogP contribution is 2.14. The summed E-state index contributed by atoms with van der Waals surface area (Å²) >= 11 is 2.62. The first-order valence-electron chi connectivity index (χ1n) is 4.95. The molecule has 0 radical (unpaired) electrons. The minimum atomic E-state index is -0.443. The van der Waals surface area contributed by atoms with E-state index in [1.807, 2.05) is 13.2 Å². The normalized spacial score (nSPS) is 23.7. The number of hydrogen-bond donors (Lipinski definition) is 3. The highest BCUT2D eigenvalue weighted by molar-refractivity contribution is 8.14. The molecule has 7 heteroatoms. The summed E-state index contributed by atoms with van der Waals surface area (Å²) in [5, 5.41) is 14.3. The summed E-state index contributed by atoms with van der Waals surface area (Å²) in [5.74, 6) is 0.291. The zero-order valence-electron chi connectivity index (χ0n) is 9.23. The van der Waals surface area contributed by atoms with Crippen LogP contribution in [0.3, 0.4) is 0 Å². The molecule has 0 bridgehead atoms. The van der Waals surface area contributed by atoms with E-state index < -0.39 is 6.04 Å². The molecule has 1 saturated heterocycles. The molecule has 2 amide bonds. The van der Waals surface area contributed by atoms with Gasteiger partial charge in [-0.25, -0.2) is 0 Å². The monoisotopic (exact) mass is 264 g/mol. The third-order valence-corrected chi connectivity index (χ3v) is 4.44. The number of amides is 2. The van der Waals surface area contributed by atoms with Gasteiger partial charge in [0.05, 0.1) is 6.61 Å². The van der Waals surface area contributed by atoms with Crippen molar-refractivity contribution < 1.29 is 14.7 Å². The molecule has 1 aliphatic rings. The number of nitrogens with one attached hydrogen (secondary N) is 2. The molecule has 0 aromatic carbocycles. The van der Waals surface area contributed by atoms with Gasteiger partial charge in [-0.05, 0) is 13.2 Å². The van der Waals surface area contributed by atoms with E-state index >= 15 is 0 Å². The third-order valence-electron chi connectivity index (χ3n) is 2.40. The highest BCUT2D eigenvalue weighted by atomic mass is 32.2. The maximum atomic E-state index is 11.7. The number of carbonyl (C=O) groups excluding carboxylic acids is 2. The fraction of sp³-hybridized carbons (Fsp3) is 0.778. The van der Waals surface area contributed by atoms with Crippen LogP contribution >= 0.6 is 23.5 Å². The molecule has 0 spiro atoms. The van der Waals surface area contributed by atoms with Crippen molar-refractivity contribution in [1.82, 2.24) is 10.6 Å². The lowest BCUT2D eigenvalue weighted by atomic mass is 10.2. The Morgan fingerprint density at radius 3 is 2.94 bits per heavy atom. The largest absolute Gasteiger partial charge is 0.395 e. The van der Waals surface area contributed by atoms with Crippen LogP contribution in [0.1, 0.15) is 6.92 Å². The lowest BCUT2D eigenvalue weighted by Crippen LogP contribution is -2.49. The van der Waals surface area contributed by atoms with Gasteiger partial charge in [0, 0.05) is 17.0 Å². The topological polar surface area (TPSA) is 78.4 Å². The van der Waals surface area contributed by atoms with Crippen LogP contribution in [0.2, 0.25) is 0 Å². The molecule has 1 fully saturated rings. The summed E-state index contributed by atoms with van der Waals surface area (Å²) in [5.41, 5.74) is 0. The van der Waals surface area contributed by atoms with E-state index in [2.05, 4.69) is 10.6 Å². The van der Waals surface area contributed by atoms with Crippen LogP contribution in [0.25, 0.3) is 0 Å². The minimum absolute atomic E-state index is 0.0197. The zero-order chi connectivity index (χ0) is 12.1. The van der Waals surface area contributed by atoms with Crippen molar-refractivity contribution in [1.29, 1.82) is 0 Å². The molecule has 0 aliphatic carbocycles. The van der Waals surface area contributed by atoms with Gasteiger partial charge in [-0.3, -0.25) is 9.59 Å². The van der Waals surface area contributed by atoms with E-state index in [-0.39, 0.29) is 29.0 Å². The van der Waals surface area contributed by atoms with Crippen molar-refractivity contribution in [3.8, 4) is 0 Å². The van der Waals surface area contributed by atoms with Crippen LogP contribution in [0, 0.1) is 0 Å². The second kappa shape index (κ2) is 6.36. The molecular weight excluding hydrogens is 248 g/mol. The van der Waals surface area contributed by atoms with E-state index in [4.69, 9.17) is 5.11 Å². The molecule has 16 heavy (non-hydrogen) atoms. The standard InChI is InChI=1S/C9H16N2O3S2/c1-5(7(3-12)15-2)10-8(13)6-4-16-9(14)11-6/h5-7,12H,3-4H2,1-2H3,(H,10,13)(H,11,14). The first-order chi connectivity index (χ1) is 7.58. The third kappa shape index (κ3) is 3.57. The molecule has 92 valence electrons. The van der Waals surface area contributed by atoms with Gasteiger partial charge in [0.15, 0.2) is 0 Å². The quantitative estimate of drug-likeness (QED) is 0.653. The Kier molecular flexibility index (Phi) is 5.43. The summed E-state index contributed by atoms with van der Waals surface area (Å²) in [4.78, 5) is 22.6. The van der Waals surface area contributed by atoms with Crippen molar-refractivity contribution in [2.24, 2.45) is 0 Å². The van der Waals surface area contributed by atoms with Gasteiger partial charge in [-0.15, -0.1) is 0 Å². The zero-order valence-corrected chi connectivity index (χ0v) is 10.9. The minimum Gasteiger partial charge on any atom is -0.395 e. The number of thioether (sulfide) groups is 2. The van der Waals surface area contributed by atoms with Crippen LogP contribution < -0.4 is 10.6 Å². The molecule has 3 unspecified atom stereocenters. The van der Waals surface area contributed by atoms with E-state index in [9.17, 15) is 9.59 Å². The summed E-state index contributed by atoms with van der Waals surface area (Å²) in [7, 11) is 0. The summed E-state index contributed by atoms with van der Waals surface area (Å²) in [6.07, 6.45) is 1.89. The molecule has 1 heterocycles. The fourth-order valence-electron chi connectivity index (χ4n) is 1.38. The van der Waals surface area contributed by atoms with Crippen molar-refractivity contribution in [2.45, 2.75) is 24.3 Å². The van der Waals surface area contributed by atoms with Gasteiger partial charge in [-0.1, -0.05) is 11.8 Å². The average molecular weight is 264 g/mol. The van der Waals surface area contributed by atoms with E-state index in [0.29, 0.717) is 5.75 Å². The molecule has 0 aromatic heterocycles. The van der Waals surface area contributed by atoms with Crippen LogP contribution in [0.4, 0.5) is 4.79 Å². The molecule has 3 N–H and O–H groups in total. The second-order valence-corrected chi connectivity index (χ2v) is 5.62. The van der Waals surface area contributed by atoms with Crippen LogP contribution in [-0.4, -0.2) is 52.2 Å². The average Bonchev–Trinajstić information content (AvgIpc) is 2.66. The Labute approximate surface area is 103 Å². The number of carbonyl (C=O) groups is 2. The molecule has 0 saturated carbocycles. The number of rotatable bonds is 5. The Balaban J connectivity index is 2.41. The predicted octanol–water partition coefficient (Wildman–Crippen LogP) is 0.0400. The lowest BCUT2D eigenvalue weighted by Gasteiger charge is -2.22. The SMILES string of the molecule is CSC(CO)C(C)NC(=O)C1CSC(=O)N1. The van der Waals surface area contributed by atoms with Gasteiger partial charge in [0.1, 0.15) is 6.04 Å². The maximum absolute atomic E-state index is 11.7. The second-order valence-electron chi connectivity index (χ2n) is 3.55. The summed E-state index contributed by atoms with van der Waals surface area (Å²) in [6.45, 7) is 1.87. The molecule has 1 aliphatic heterocycles. The van der Waals surface area contributed by atoms with Crippen molar-refractivity contribution in [2.75, 3.05) is 18.6 Å². The maximum Gasteiger partial charge on any atom is 0.279 e. The lowest BCUT2D eigenvalue weighted by molar-refractivity contribution is -0.122. The van der Waals surface area contributed by atoms with Gasteiger partial charge in [0.25, 0.3) is 5.24 Å². The predicted molar refractivity (Wildman–Crippen MR) is 66.8 cm³/mol. The Hall–Kier alpha value is -0.400. The Morgan fingerprint density at radius 2 is 2.50 bits per heavy atom. The summed E-state index contributed by atoms with van der Waals surface area (Å²) < 4.78 is 0. The molecule has 5 nitrogen and oxygen atoms in total. The Bertz CT molecular complexity index is 271. The van der Waals surface area contributed by atoms with Crippen LogP contribution in [-0.2, 0) is 4.79 Å². The van der Waals surface area contributed by atoms with Gasteiger partial charge in [0.2, 0.25) is 5.91 Å². The van der Waals surface area contributed by atoms with E-state index in [1.165, 1.54) is 11.8 Å². The molecule has 0 aromatic rings. The van der Waals surface area contributed by atoms with Gasteiger partial charge in [-0.2, -0.15) is 11.8 Å². The Morgan fingerprint density at radius 1 is 1.81 bits per heavy atom. The first kappa shape index (κ1) is 13.7. The van der Waals surface area contributed by atoms with Crippen LogP contribution in [0.5, 0.6) is 0 Å². The summed E-state index contributed by atoms with van der Waals surface area (Å²) in [6, 6.07) is -0.559. The van der Waals surface area contributed by atoms with Crippen molar-refractivity contribution >= 4 is 34.7 Å². The van der Waals surface area contributed by atoms with Crippen LogP contribution in [0.15, 0.2) is 0 Å². The fourth-order valence-corrected chi connectivity index (χ4v) is 2.78. The van der Waals surface area contributed by atoms with Crippen molar-refractivity contribution in [3.63, 3.8) is 0 Å². The highest BCUT2D eigenvalue weighted by Gasteiger charge is 2.29. The van der Waals surface area contributed by atoms with Gasteiger partial charge >= 0.3 is 0 Å². The van der Waals surface area contributed by atoms with Gasteiger partial charge < -0.3 is 15.7 Å². The van der Waals surface area contributed by atoms with E-state index in [0.717, 1.165) is 11.8 Å². The number of aliphatic hydroxyl groups excluding tert-OH is 1. The van der Waals surface area contributed by atoms with Crippen molar-refractivity contribution in [3.05, 3.63) is 0 Å². The molecule has 1 rings (SSSR count). The van der Waals surface area contributed by atoms with E-state index in [1.54, 1.807) is 0 Å². The number of aliphatic hydroxyl groups is 1. The number of hydrogen-bond acceptors (Lipinski definition) is 5. The molecular formula is C9H16N2O3S2. The first-order valence-corrected chi connectivity index (χ1v) is 7.23. The molecule has 3 atom stereocenters.